The van der Waals surface area contributed by atoms with Crippen LogP contribution in [-0.2, 0) is 0 Å². The maximum Gasteiger partial charge on any atom is 0.112 e. The number of nitrogens with zero attached hydrogens (tertiary/aromatic N) is 2. The summed E-state index contributed by atoms with van der Waals surface area (Å²) in [4.78, 5) is 11.3. The van der Waals surface area contributed by atoms with Crippen molar-refractivity contribution in [2.75, 3.05) is 7.05 Å². The Kier molecular flexibility index (Phi) is 3.84. The van der Waals surface area contributed by atoms with Crippen LogP contribution in [0, 0.1) is 6.92 Å². The Morgan fingerprint density at radius 3 is 2.73 bits per heavy atom. The number of rotatable bonds is 2. The van der Waals surface area contributed by atoms with Gasteiger partial charge in [0.25, 0.3) is 0 Å². The number of aromatic amines is 1. The predicted molar refractivity (Wildman–Crippen MR) is 107 cm³/mol. The number of halogens is 1. The molecule has 4 heteroatoms. The van der Waals surface area contributed by atoms with Crippen LogP contribution in [0.4, 0.5) is 0 Å². The fraction of sp³-hybridized carbons (Fsp3) is 0.409. The van der Waals surface area contributed by atoms with Gasteiger partial charge in [0.05, 0.1) is 11.0 Å². The summed E-state index contributed by atoms with van der Waals surface area (Å²) in [6, 6.07) is 16.2. The van der Waals surface area contributed by atoms with Crippen LogP contribution in [0.5, 0.6) is 0 Å². The van der Waals surface area contributed by atoms with Crippen molar-refractivity contribution in [1.29, 1.82) is 0 Å². The third-order valence-corrected chi connectivity index (χ3v) is 6.79. The molecule has 2 fully saturated rings. The molecule has 3 heterocycles. The van der Waals surface area contributed by atoms with Gasteiger partial charge in [0.2, 0.25) is 0 Å². The van der Waals surface area contributed by atoms with E-state index in [1.54, 1.807) is 0 Å². The SMILES string of the molecule is Cc1ccc2nc(C3C(c4ccc(Cl)cc4)CC4CCC3N4C)[nH]c2c1. The van der Waals surface area contributed by atoms with E-state index >= 15 is 0 Å². The van der Waals surface area contributed by atoms with Crippen LogP contribution < -0.4 is 0 Å². The van der Waals surface area contributed by atoms with E-state index in [1.807, 2.05) is 12.1 Å². The fourth-order valence-corrected chi connectivity index (χ4v) is 5.32. The van der Waals surface area contributed by atoms with E-state index in [0.29, 0.717) is 23.9 Å². The molecule has 3 nitrogen and oxygen atoms in total. The van der Waals surface area contributed by atoms with Crippen molar-refractivity contribution >= 4 is 22.6 Å². The largest absolute Gasteiger partial charge is 0.342 e. The second kappa shape index (κ2) is 6.11. The minimum absolute atomic E-state index is 0.396. The van der Waals surface area contributed by atoms with Crippen LogP contribution in [0.25, 0.3) is 11.0 Å². The van der Waals surface area contributed by atoms with Gasteiger partial charge in [-0.15, -0.1) is 0 Å². The molecule has 4 atom stereocenters. The Morgan fingerprint density at radius 1 is 1.12 bits per heavy atom. The average Bonchev–Trinajstić information content (AvgIpc) is 3.13. The van der Waals surface area contributed by atoms with Crippen LogP contribution in [0.15, 0.2) is 42.5 Å². The van der Waals surface area contributed by atoms with E-state index in [1.165, 1.54) is 30.4 Å². The lowest BCUT2D eigenvalue weighted by atomic mass is 9.76. The van der Waals surface area contributed by atoms with Gasteiger partial charge in [-0.05, 0) is 74.5 Å². The first-order valence-corrected chi connectivity index (χ1v) is 9.91. The van der Waals surface area contributed by atoms with Crippen molar-refractivity contribution < 1.29 is 0 Å². The number of H-pyrrole nitrogens is 1. The maximum atomic E-state index is 6.14. The molecule has 0 amide bonds. The van der Waals surface area contributed by atoms with Gasteiger partial charge in [0.15, 0.2) is 0 Å². The Hall–Kier alpha value is -1.84. The summed E-state index contributed by atoms with van der Waals surface area (Å²) in [5.74, 6) is 2.03. The molecule has 2 saturated heterocycles. The highest BCUT2D eigenvalue weighted by molar-refractivity contribution is 6.30. The highest BCUT2D eigenvalue weighted by Gasteiger charge is 2.47. The van der Waals surface area contributed by atoms with E-state index in [0.717, 1.165) is 21.9 Å². The van der Waals surface area contributed by atoms with Crippen LogP contribution in [0.1, 0.15) is 48.0 Å². The van der Waals surface area contributed by atoms with E-state index in [4.69, 9.17) is 16.6 Å². The first kappa shape index (κ1) is 16.3. The summed E-state index contributed by atoms with van der Waals surface area (Å²) < 4.78 is 0. The second-order valence-corrected chi connectivity index (χ2v) is 8.46. The van der Waals surface area contributed by atoms with Crippen LogP contribution in [0.2, 0.25) is 5.02 Å². The number of aromatic nitrogens is 2. The molecule has 3 aromatic rings. The molecule has 2 aromatic carbocycles. The smallest absolute Gasteiger partial charge is 0.112 e. The lowest BCUT2D eigenvalue weighted by molar-refractivity contribution is 0.134. The average molecular weight is 366 g/mol. The number of hydrogen-bond acceptors (Lipinski definition) is 2. The van der Waals surface area contributed by atoms with Gasteiger partial charge in [-0.3, -0.25) is 4.90 Å². The molecule has 0 radical (unpaired) electrons. The lowest BCUT2D eigenvalue weighted by Gasteiger charge is -2.42. The Bertz CT molecular complexity index is 946. The number of piperidine rings is 1. The first-order chi connectivity index (χ1) is 12.6. The Balaban J connectivity index is 1.61. The molecule has 2 aliphatic heterocycles. The van der Waals surface area contributed by atoms with Crippen molar-refractivity contribution in [1.82, 2.24) is 14.9 Å². The van der Waals surface area contributed by atoms with Crippen LogP contribution in [0.3, 0.4) is 0 Å². The zero-order valence-corrected chi connectivity index (χ0v) is 16.0. The van der Waals surface area contributed by atoms with Crippen molar-refractivity contribution in [3.8, 4) is 0 Å². The number of imidazole rings is 1. The molecule has 26 heavy (non-hydrogen) atoms. The van der Waals surface area contributed by atoms with E-state index < -0.39 is 0 Å². The second-order valence-electron chi connectivity index (χ2n) is 8.03. The Labute approximate surface area is 159 Å². The molecule has 5 rings (SSSR count). The van der Waals surface area contributed by atoms with Gasteiger partial charge in [-0.25, -0.2) is 4.98 Å². The van der Waals surface area contributed by atoms with Gasteiger partial charge in [-0.1, -0.05) is 29.8 Å². The van der Waals surface area contributed by atoms with Crippen molar-refractivity contribution in [3.05, 3.63) is 64.4 Å². The number of benzene rings is 2. The number of likely N-dealkylation sites (N-methyl/N-ethyl adjacent to an activating group) is 1. The normalized spacial score (nSPS) is 28.7. The van der Waals surface area contributed by atoms with Gasteiger partial charge < -0.3 is 4.98 Å². The van der Waals surface area contributed by atoms with Gasteiger partial charge in [0.1, 0.15) is 5.82 Å². The fourth-order valence-electron chi connectivity index (χ4n) is 5.19. The van der Waals surface area contributed by atoms with Crippen molar-refractivity contribution in [2.45, 2.75) is 50.1 Å². The molecule has 134 valence electrons. The van der Waals surface area contributed by atoms with E-state index in [2.05, 4.69) is 54.2 Å². The zero-order valence-electron chi connectivity index (χ0n) is 15.2. The van der Waals surface area contributed by atoms with Crippen molar-refractivity contribution in [3.63, 3.8) is 0 Å². The number of fused-ring (bicyclic) bond motifs is 3. The van der Waals surface area contributed by atoms with E-state index in [-0.39, 0.29) is 0 Å². The summed E-state index contributed by atoms with van der Waals surface area (Å²) in [5.41, 5.74) is 4.88. The highest BCUT2D eigenvalue weighted by atomic mass is 35.5. The number of nitrogens with one attached hydrogen (secondary N) is 1. The zero-order chi connectivity index (χ0) is 17.8. The van der Waals surface area contributed by atoms with Crippen LogP contribution >= 0.6 is 11.6 Å². The topological polar surface area (TPSA) is 31.9 Å². The van der Waals surface area contributed by atoms with Crippen LogP contribution in [-0.4, -0.2) is 34.0 Å². The van der Waals surface area contributed by atoms with Gasteiger partial charge in [-0.2, -0.15) is 0 Å². The molecule has 0 saturated carbocycles. The maximum absolute atomic E-state index is 6.14. The number of hydrogen-bond donors (Lipinski definition) is 1. The summed E-state index contributed by atoms with van der Waals surface area (Å²) in [7, 11) is 2.29. The minimum atomic E-state index is 0.396. The minimum Gasteiger partial charge on any atom is -0.342 e. The highest BCUT2D eigenvalue weighted by Crippen LogP contribution is 2.50. The molecule has 0 aliphatic carbocycles. The summed E-state index contributed by atoms with van der Waals surface area (Å²) in [5, 5.41) is 0.806. The van der Waals surface area contributed by atoms with Gasteiger partial charge in [0, 0.05) is 23.0 Å². The van der Waals surface area contributed by atoms with Gasteiger partial charge >= 0.3 is 0 Å². The molecule has 1 aromatic heterocycles. The standard InChI is InChI=1S/C22H24ClN3/c1-13-3-9-18-19(11-13)25-22(24-18)21-17(14-4-6-15(23)7-5-14)12-16-8-10-20(21)26(16)2/h3-7,9,11,16-17,20-21H,8,10,12H2,1-2H3,(H,24,25). The lowest BCUT2D eigenvalue weighted by Crippen LogP contribution is -2.44. The third-order valence-electron chi connectivity index (χ3n) is 6.54. The number of aryl methyl sites for hydroxylation is 1. The molecule has 4 unspecified atom stereocenters. The summed E-state index contributed by atoms with van der Waals surface area (Å²) in [6.45, 7) is 2.13. The first-order valence-electron chi connectivity index (χ1n) is 9.54. The summed E-state index contributed by atoms with van der Waals surface area (Å²) in [6.07, 6.45) is 3.74. The van der Waals surface area contributed by atoms with E-state index in [9.17, 15) is 0 Å². The predicted octanol–water partition coefficient (Wildman–Crippen LogP) is 5.26. The van der Waals surface area contributed by atoms with Crippen molar-refractivity contribution in [2.24, 2.45) is 0 Å². The monoisotopic (exact) mass is 365 g/mol. The third kappa shape index (κ3) is 2.57. The molecular weight excluding hydrogens is 342 g/mol. The Morgan fingerprint density at radius 2 is 1.92 bits per heavy atom. The molecule has 0 spiro atoms. The summed E-state index contributed by atoms with van der Waals surface area (Å²) >= 11 is 6.14. The molecule has 1 N–H and O–H groups in total. The molecular formula is C22H24ClN3. The molecule has 2 aliphatic rings. The quantitative estimate of drug-likeness (QED) is 0.671. The molecule has 2 bridgehead atoms.